The lowest BCUT2D eigenvalue weighted by Crippen LogP contribution is -2.39. The SMILES string of the molecule is CC1Cc2ccccc2N1C(=O)COc1ccc(C=O)cc1. The predicted octanol–water partition coefficient (Wildman–Crippen LogP) is 2.86. The third-order valence-electron chi connectivity index (χ3n) is 3.85. The van der Waals surface area contributed by atoms with Crippen LogP contribution < -0.4 is 9.64 Å². The maximum Gasteiger partial charge on any atom is 0.265 e. The van der Waals surface area contributed by atoms with Crippen LogP contribution in [0.15, 0.2) is 48.5 Å². The monoisotopic (exact) mass is 295 g/mol. The van der Waals surface area contributed by atoms with Crippen molar-refractivity contribution in [2.75, 3.05) is 11.5 Å². The molecule has 0 radical (unpaired) electrons. The molecular weight excluding hydrogens is 278 g/mol. The number of benzene rings is 2. The summed E-state index contributed by atoms with van der Waals surface area (Å²) in [5, 5.41) is 0. The van der Waals surface area contributed by atoms with E-state index in [9.17, 15) is 9.59 Å². The Morgan fingerprint density at radius 1 is 1.23 bits per heavy atom. The number of carbonyl (C=O) groups is 2. The standard InChI is InChI=1S/C18H17NO3/c1-13-10-15-4-2-3-5-17(15)19(13)18(21)12-22-16-8-6-14(11-20)7-9-16/h2-9,11,13H,10,12H2,1H3. The lowest BCUT2D eigenvalue weighted by molar-refractivity contribution is -0.120. The minimum atomic E-state index is -0.0584. The number of ether oxygens (including phenoxy) is 1. The van der Waals surface area contributed by atoms with Crippen molar-refractivity contribution in [2.45, 2.75) is 19.4 Å². The van der Waals surface area contributed by atoms with Gasteiger partial charge in [0, 0.05) is 17.3 Å². The van der Waals surface area contributed by atoms with E-state index in [1.807, 2.05) is 25.1 Å². The van der Waals surface area contributed by atoms with Crippen molar-refractivity contribution >= 4 is 17.9 Å². The predicted molar refractivity (Wildman–Crippen MR) is 84.4 cm³/mol. The van der Waals surface area contributed by atoms with Crippen molar-refractivity contribution < 1.29 is 14.3 Å². The summed E-state index contributed by atoms with van der Waals surface area (Å²) in [6.07, 6.45) is 1.65. The highest BCUT2D eigenvalue weighted by molar-refractivity contribution is 5.97. The summed E-state index contributed by atoms with van der Waals surface area (Å²) in [6, 6.07) is 14.8. The van der Waals surface area contributed by atoms with Crippen LogP contribution in [0, 0.1) is 0 Å². The summed E-state index contributed by atoms with van der Waals surface area (Å²) in [4.78, 5) is 24.9. The van der Waals surface area contributed by atoms with Crippen LogP contribution in [0.3, 0.4) is 0 Å². The molecule has 0 bridgehead atoms. The summed E-state index contributed by atoms with van der Waals surface area (Å²) in [6.45, 7) is 2.02. The molecule has 1 heterocycles. The molecule has 0 fully saturated rings. The van der Waals surface area contributed by atoms with E-state index in [4.69, 9.17) is 4.74 Å². The van der Waals surface area contributed by atoms with E-state index >= 15 is 0 Å². The smallest absolute Gasteiger partial charge is 0.265 e. The van der Waals surface area contributed by atoms with Crippen LogP contribution in [-0.4, -0.2) is 24.8 Å². The molecule has 1 atom stereocenters. The molecule has 4 heteroatoms. The Bertz CT molecular complexity index is 694. The fourth-order valence-electron chi connectivity index (χ4n) is 2.80. The molecule has 1 amide bonds. The van der Waals surface area contributed by atoms with Crippen LogP contribution in [0.5, 0.6) is 5.75 Å². The van der Waals surface area contributed by atoms with Gasteiger partial charge < -0.3 is 9.64 Å². The van der Waals surface area contributed by atoms with Gasteiger partial charge in [0.1, 0.15) is 12.0 Å². The molecule has 1 aliphatic heterocycles. The minimum Gasteiger partial charge on any atom is -0.484 e. The van der Waals surface area contributed by atoms with Crippen molar-refractivity contribution in [3.63, 3.8) is 0 Å². The quantitative estimate of drug-likeness (QED) is 0.815. The summed E-state index contributed by atoms with van der Waals surface area (Å²) >= 11 is 0. The molecule has 2 aromatic rings. The lowest BCUT2D eigenvalue weighted by atomic mass is 10.1. The number of carbonyl (C=O) groups excluding carboxylic acids is 2. The first-order valence-corrected chi connectivity index (χ1v) is 7.27. The maximum atomic E-state index is 12.5. The topological polar surface area (TPSA) is 46.6 Å². The van der Waals surface area contributed by atoms with Crippen LogP contribution in [0.2, 0.25) is 0 Å². The Balaban J connectivity index is 1.68. The van der Waals surface area contributed by atoms with Gasteiger partial charge in [0.25, 0.3) is 5.91 Å². The van der Waals surface area contributed by atoms with E-state index in [1.165, 1.54) is 5.56 Å². The van der Waals surface area contributed by atoms with Gasteiger partial charge in [-0.3, -0.25) is 9.59 Å². The highest BCUT2D eigenvalue weighted by Gasteiger charge is 2.30. The highest BCUT2D eigenvalue weighted by Crippen LogP contribution is 2.31. The van der Waals surface area contributed by atoms with E-state index in [2.05, 4.69) is 6.07 Å². The highest BCUT2D eigenvalue weighted by atomic mass is 16.5. The number of para-hydroxylation sites is 1. The van der Waals surface area contributed by atoms with E-state index in [0.29, 0.717) is 11.3 Å². The first-order valence-electron chi connectivity index (χ1n) is 7.27. The van der Waals surface area contributed by atoms with Crippen LogP contribution in [0.25, 0.3) is 0 Å². The van der Waals surface area contributed by atoms with E-state index in [-0.39, 0.29) is 18.6 Å². The fourth-order valence-corrected chi connectivity index (χ4v) is 2.80. The van der Waals surface area contributed by atoms with E-state index in [0.717, 1.165) is 18.4 Å². The first-order chi connectivity index (χ1) is 10.7. The van der Waals surface area contributed by atoms with Crippen LogP contribution >= 0.6 is 0 Å². The summed E-state index contributed by atoms with van der Waals surface area (Å²) in [5.74, 6) is 0.524. The van der Waals surface area contributed by atoms with Crippen molar-refractivity contribution in [1.82, 2.24) is 0 Å². The van der Waals surface area contributed by atoms with Gasteiger partial charge in [0.05, 0.1) is 0 Å². The zero-order valence-electron chi connectivity index (χ0n) is 12.4. The number of nitrogens with zero attached hydrogens (tertiary/aromatic N) is 1. The van der Waals surface area contributed by atoms with Gasteiger partial charge in [-0.2, -0.15) is 0 Å². The molecule has 4 nitrogen and oxygen atoms in total. The van der Waals surface area contributed by atoms with Gasteiger partial charge in [0.2, 0.25) is 0 Å². The molecule has 1 aliphatic rings. The molecule has 3 rings (SSSR count). The second-order valence-corrected chi connectivity index (χ2v) is 5.42. The molecule has 0 aliphatic carbocycles. The van der Waals surface area contributed by atoms with Crippen LogP contribution in [0.1, 0.15) is 22.8 Å². The number of rotatable bonds is 4. The molecule has 0 saturated heterocycles. The van der Waals surface area contributed by atoms with Crippen LogP contribution in [0.4, 0.5) is 5.69 Å². The summed E-state index contributed by atoms with van der Waals surface area (Å²) < 4.78 is 5.54. The Kier molecular flexibility index (Phi) is 3.92. The number of fused-ring (bicyclic) bond motifs is 1. The number of hydrogen-bond acceptors (Lipinski definition) is 3. The number of hydrogen-bond donors (Lipinski definition) is 0. The van der Waals surface area contributed by atoms with Crippen LogP contribution in [-0.2, 0) is 11.2 Å². The lowest BCUT2D eigenvalue weighted by Gasteiger charge is -2.22. The zero-order valence-corrected chi connectivity index (χ0v) is 12.4. The minimum absolute atomic E-state index is 0.0148. The Morgan fingerprint density at radius 2 is 1.95 bits per heavy atom. The molecule has 0 aromatic heterocycles. The first kappa shape index (κ1) is 14.3. The van der Waals surface area contributed by atoms with E-state index in [1.54, 1.807) is 29.2 Å². The van der Waals surface area contributed by atoms with E-state index < -0.39 is 0 Å². The van der Waals surface area contributed by atoms with Gasteiger partial charge >= 0.3 is 0 Å². The molecule has 1 unspecified atom stereocenters. The molecular formula is C18H17NO3. The van der Waals surface area contributed by atoms with Gasteiger partial charge in [-0.25, -0.2) is 0 Å². The van der Waals surface area contributed by atoms with Gasteiger partial charge in [-0.1, -0.05) is 18.2 Å². The maximum absolute atomic E-state index is 12.5. The number of anilines is 1. The average molecular weight is 295 g/mol. The van der Waals surface area contributed by atoms with Crippen molar-refractivity contribution in [1.29, 1.82) is 0 Å². The second-order valence-electron chi connectivity index (χ2n) is 5.42. The third kappa shape index (κ3) is 2.72. The molecule has 22 heavy (non-hydrogen) atoms. The molecule has 0 spiro atoms. The van der Waals surface area contributed by atoms with Gasteiger partial charge in [0.15, 0.2) is 6.61 Å². The normalized spacial score (nSPS) is 16.2. The molecule has 0 N–H and O–H groups in total. The Hall–Kier alpha value is -2.62. The van der Waals surface area contributed by atoms with Gasteiger partial charge in [-0.05, 0) is 49.2 Å². The third-order valence-corrected chi connectivity index (χ3v) is 3.85. The molecule has 2 aromatic carbocycles. The van der Waals surface area contributed by atoms with Crippen molar-refractivity contribution in [2.24, 2.45) is 0 Å². The zero-order chi connectivity index (χ0) is 15.5. The Morgan fingerprint density at radius 3 is 2.68 bits per heavy atom. The fraction of sp³-hybridized carbons (Fsp3) is 0.222. The van der Waals surface area contributed by atoms with Gasteiger partial charge in [-0.15, -0.1) is 0 Å². The second kappa shape index (κ2) is 6.02. The summed E-state index contributed by atoms with van der Waals surface area (Å²) in [5.41, 5.74) is 2.75. The molecule has 0 saturated carbocycles. The summed E-state index contributed by atoms with van der Waals surface area (Å²) in [7, 11) is 0. The van der Waals surface area contributed by atoms with Crippen molar-refractivity contribution in [3.05, 3.63) is 59.7 Å². The Labute approximate surface area is 129 Å². The average Bonchev–Trinajstić information content (AvgIpc) is 2.89. The van der Waals surface area contributed by atoms with Crippen molar-refractivity contribution in [3.8, 4) is 5.75 Å². The largest absolute Gasteiger partial charge is 0.484 e. The molecule has 112 valence electrons. The number of amides is 1. The number of aldehydes is 1.